The molecule has 0 radical (unpaired) electrons. The van der Waals surface area contributed by atoms with E-state index in [4.69, 9.17) is 0 Å². The van der Waals surface area contributed by atoms with Crippen molar-refractivity contribution in [2.45, 2.75) is 40.0 Å². The minimum absolute atomic E-state index is 0.773. The molecule has 0 bridgehead atoms. The summed E-state index contributed by atoms with van der Waals surface area (Å²) in [6.07, 6.45) is 8.97. The van der Waals surface area contributed by atoms with E-state index in [0.29, 0.717) is 0 Å². The van der Waals surface area contributed by atoms with Crippen molar-refractivity contribution in [2.75, 3.05) is 0 Å². The lowest BCUT2D eigenvalue weighted by Crippen LogP contribution is -2.14. The van der Waals surface area contributed by atoms with Crippen molar-refractivity contribution in [1.29, 1.82) is 0 Å². The van der Waals surface area contributed by atoms with E-state index in [1.54, 1.807) is 6.20 Å². The van der Waals surface area contributed by atoms with Crippen LogP contribution in [0.25, 0.3) is 0 Å². The van der Waals surface area contributed by atoms with Gasteiger partial charge in [-0.1, -0.05) is 46.1 Å². The van der Waals surface area contributed by atoms with E-state index in [-0.39, 0.29) is 0 Å². The zero-order chi connectivity index (χ0) is 11.7. The molecular weight excluding hydrogens is 182 g/mol. The smallest absolute Gasteiger partial charge is 0.0435 e. The standard InChI is InChI=1S/C12H17N.C2H6/c1-4-6-11-9-10(3)7-8-12(11)13-5-2;1-2/h4-6,10H,1-2,7-9H2,3H3;1-2H3/b11-6-,13-12?;. The first-order valence-electron chi connectivity index (χ1n) is 5.77. The van der Waals surface area contributed by atoms with E-state index in [1.807, 2.05) is 19.9 Å². The second kappa shape index (κ2) is 8.22. The highest BCUT2D eigenvalue weighted by atomic mass is 14.7. The summed E-state index contributed by atoms with van der Waals surface area (Å²) in [6.45, 7) is 13.6. The molecular formula is C14H23N. The Bertz CT molecular complexity index is 259. The molecule has 1 aliphatic carbocycles. The van der Waals surface area contributed by atoms with Crippen LogP contribution in [0.4, 0.5) is 0 Å². The molecule has 0 N–H and O–H groups in total. The Labute approximate surface area is 94.3 Å². The number of nitrogens with zero attached hydrogens (tertiary/aromatic N) is 1. The molecule has 1 unspecified atom stereocenters. The Hall–Kier alpha value is -1.11. The third-order valence-corrected chi connectivity index (χ3v) is 2.38. The van der Waals surface area contributed by atoms with Crippen molar-refractivity contribution in [2.24, 2.45) is 10.9 Å². The average Bonchev–Trinajstić information content (AvgIpc) is 2.26. The van der Waals surface area contributed by atoms with Crippen molar-refractivity contribution in [1.82, 2.24) is 0 Å². The van der Waals surface area contributed by atoms with Crippen LogP contribution >= 0.6 is 0 Å². The number of hydrogen-bond acceptors (Lipinski definition) is 1. The minimum Gasteiger partial charge on any atom is -0.262 e. The molecule has 1 fully saturated rings. The maximum atomic E-state index is 4.28. The van der Waals surface area contributed by atoms with Crippen LogP contribution in [-0.4, -0.2) is 5.71 Å². The van der Waals surface area contributed by atoms with Gasteiger partial charge >= 0.3 is 0 Å². The molecule has 0 aliphatic heterocycles. The average molecular weight is 205 g/mol. The molecule has 1 saturated carbocycles. The molecule has 0 saturated heterocycles. The topological polar surface area (TPSA) is 12.4 Å². The Morgan fingerprint density at radius 1 is 1.33 bits per heavy atom. The van der Waals surface area contributed by atoms with Crippen LogP contribution in [0.15, 0.2) is 42.1 Å². The summed E-state index contributed by atoms with van der Waals surface area (Å²) in [6, 6.07) is 0. The molecule has 1 heteroatoms. The summed E-state index contributed by atoms with van der Waals surface area (Å²) in [4.78, 5) is 4.28. The number of allylic oxidation sites excluding steroid dienone is 3. The zero-order valence-corrected chi connectivity index (χ0v) is 10.3. The molecule has 0 aromatic rings. The van der Waals surface area contributed by atoms with Gasteiger partial charge in [-0.2, -0.15) is 0 Å². The second-order valence-corrected chi connectivity index (χ2v) is 3.53. The van der Waals surface area contributed by atoms with Crippen LogP contribution in [0.3, 0.4) is 0 Å². The van der Waals surface area contributed by atoms with E-state index in [9.17, 15) is 0 Å². The van der Waals surface area contributed by atoms with Gasteiger partial charge in [-0.05, 0) is 30.8 Å². The van der Waals surface area contributed by atoms with Crippen LogP contribution in [0.1, 0.15) is 40.0 Å². The van der Waals surface area contributed by atoms with Gasteiger partial charge in [0.15, 0.2) is 0 Å². The highest BCUT2D eigenvalue weighted by Crippen LogP contribution is 2.26. The van der Waals surface area contributed by atoms with Gasteiger partial charge in [0.2, 0.25) is 0 Å². The lowest BCUT2D eigenvalue weighted by Gasteiger charge is -2.21. The monoisotopic (exact) mass is 205 g/mol. The summed E-state index contributed by atoms with van der Waals surface area (Å²) in [5, 5.41) is 0. The molecule has 0 heterocycles. The van der Waals surface area contributed by atoms with Crippen LogP contribution < -0.4 is 0 Å². The fourth-order valence-corrected chi connectivity index (χ4v) is 1.70. The number of hydrogen-bond donors (Lipinski definition) is 0. The van der Waals surface area contributed by atoms with E-state index in [1.165, 1.54) is 17.7 Å². The predicted molar refractivity (Wildman–Crippen MR) is 70.3 cm³/mol. The summed E-state index contributed by atoms with van der Waals surface area (Å²) in [7, 11) is 0. The molecule has 1 nitrogen and oxygen atoms in total. The van der Waals surface area contributed by atoms with E-state index in [0.717, 1.165) is 18.8 Å². The highest BCUT2D eigenvalue weighted by molar-refractivity contribution is 6.01. The highest BCUT2D eigenvalue weighted by Gasteiger charge is 2.17. The van der Waals surface area contributed by atoms with Crippen molar-refractivity contribution >= 4 is 5.71 Å². The fraction of sp³-hybridized carbons (Fsp3) is 0.500. The largest absolute Gasteiger partial charge is 0.262 e. The molecule has 84 valence electrons. The molecule has 0 aromatic heterocycles. The molecule has 1 atom stereocenters. The summed E-state index contributed by atoms with van der Waals surface area (Å²) >= 11 is 0. The van der Waals surface area contributed by atoms with Crippen molar-refractivity contribution < 1.29 is 0 Å². The molecule has 0 spiro atoms. The normalized spacial score (nSPS) is 25.7. The van der Waals surface area contributed by atoms with E-state index in [2.05, 4.69) is 31.2 Å². The maximum absolute atomic E-state index is 4.28. The fourth-order valence-electron chi connectivity index (χ4n) is 1.70. The Kier molecular flexibility index (Phi) is 7.61. The van der Waals surface area contributed by atoms with E-state index >= 15 is 0 Å². The maximum Gasteiger partial charge on any atom is 0.0435 e. The lowest BCUT2D eigenvalue weighted by molar-refractivity contribution is 0.527. The Morgan fingerprint density at radius 3 is 2.53 bits per heavy atom. The van der Waals surface area contributed by atoms with Crippen molar-refractivity contribution in [3.05, 3.63) is 37.1 Å². The van der Waals surface area contributed by atoms with Crippen LogP contribution in [0.5, 0.6) is 0 Å². The van der Waals surface area contributed by atoms with Gasteiger partial charge in [0, 0.05) is 11.9 Å². The third kappa shape index (κ3) is 4.78. The first-order valence-corrected chi connectivity index (χ1v) is 5.77. The molecule has 1 rings (SSSR count). The quantitative estimate of drug-likeness (QED) is 0.628. The minimum atomic E-state index is 0.773. The first kappa shape index (κ1) is 13.9. The van der Waals surface area contributed by atoms with Gasteiger partial charge in [-0.3, -0.25) is 4.99 Å². The molecule has 0 amide bonds. The SMILES string of the molecule is C=C/C=C1/CC(C)CCC1=NC=C.CC. The van der Waals surface area contributed by atoms with E-state index < -0.39 is 0 Å². The predicted octanol–water partition coefficient (Wildman–Crippen LogP) is 4.53. The summed E-state index contributed by atoms with van der Waals surface area (Å²) in [5.41, 5.74) is 2.52. The summed E-state index contributed by atoms with van der Waals surface area (Å²) in [5.74, 6) is 0.773. The number of aliphatic imine (C=N–C) groups is 1. The molecule has 15 heavy (non-hydrogen) atoms. The van der Waals surface area contributed by atoms with Gasteiger partial charge in [0.25, 0.3) is 0 Å². The van der Waals surface area contributed by atoms with Gasteiger partial charge in [-0.25, -0.2) is 0 Å². The third-order valence-electron chi connectivity index (χ3n) is 2.38. The zero-order valence-electron chi connectivity index (χ0n) is 10.3. The molecule has 1 aliphatic rings. The van der Waals surface area contributed by atoms with Gasteiger partial charge in [0.1, 0.15) is 0 Å². The van der Waals surface area contributed by atoms with Crippen LogP contribution in [0, 0.1) is 5.92 Å². The second-order valence-electron chi connectivity index (χ2n) is 3.53. The van der Waals surface area contributed by atoms with Gasteiger partial charge in [0.05, 0.1) is 0 Å². The lowest BCUT2D eigenvalue weighted by atomic mass is 9.85. The summed E-state index contributed by atoms with van der Waals surface area (Å²) < 4.78 is 0. The Morgan fingerprint density at radius 2 is 2.00 bits per heavy atom. The van der Waals surface area contributed by atoms with Crippen LogP contribution in [-0.2, 0) is 0 Å². The van der Waals surface area contributed by atoms with Gasteiger partial charge < -0.3 is 0 Å². The molecule has 0 aromatic carbocycles. The number of rotatable bonds is 2. The van der Waals surface area contributed by atoms with Crippen molar-refractivity contribution in [3.63, 3.8) is 0 Å². The van der Waals surface area contributed by atoms with Crippen molar-refractivity contribution in [3.8, 4) is 0 Å². The Balaban J connectivity index is 0.000000921. The first-order chi connectivity index (χ1) is 7.27. The van der Waals surface area contributed by atoms with Crippen LogP contribution in [0.2, 0.25) is 0 Å². The van der Waals surface area contributed by atoms with Gasteiger partial charge in [-0.15, -0.1) is 0 Å².